The van der Waals surface area contributed by atoms with Crippen molar-refractivity contribution in [3.8, 4) is 5.75 Å². The zero-order valence-electron chi connectivity index (χ0n) is 23.1. The number of nitro benzene ring substituents is 2. The Morgan fingerprint density at radius 1 is 0.673 bits per heavy atom. The Kier molecular flexibility index (Phi) is 11.1. The van der Waals surface area contributed by atoms with Gasteiger partial charge in [-0.2, -0.15) is 83.4 Å². The van der Waals surface area contributed by atoms with E-state index in [1.54, 1.807) is 0 Å². The smallest absolute Gasteiger partial charge is 0.427 e. The van der Waals surface area contributed by atoms with E-state index in [-0.39, 0.29) is 12.5 Å². The number of rotatable bonds is 14. The molecule has 0 aromatic heterocycles. The molecule has 0 aliphatic rings. The van der Waals surface area contributed by atoms with Gasteiger partial charge in [0.25, 0.3) is 5.69 Å². The third kappa shape index (κ3) is 6.64. The highest BCUT2D eigenvalue weighted by molar-refractivity contribution is 5.70. The minimum absolute atomic E-state index is 0.0734. The van der Waals surface area contributed by atoms with Gasteiger partial charge in [0.05, 0.1) is 15.9 Å². The van der Waals surface area contributed by atoms with Crippen molar-refractivity contribution >= 4 is 17.5 Å². The van der Waals surface area contributed by atoms with Crippen molar-refractivity contribution in [3.63, 3.8) is 0 Å². The number of carbonyl (C=O) groups is 1. The van der Waals surface area contributed by atoms with Crippen LogP contribution in [0.3, 0.4) is 0 Å². The largest absolute Gasteiger partial charge is 0.514 e. The van der Waals surface area contributed by atoms with Gasteiger partial charge < -0.3 is 9.47 Å². The van der Waals surface area contributed by atoms with Crippen LogP contribution in [-0.2, 0) is 4.74 Å². The molecular weight excluding hydrogens is 753 g/mol. The first-order valence-corrected chi connectivity index (χ1v) is 11.9. The zero-order valence-corrected chi connectivity index (χ0v) is 23.1. The van der Waals surface area contributed by atoms with Gasteiger partial charge in [-0.25, -0.2) is 4.79 Å². The van der Waals surface area contributed by atoms with Gasteiger partial charge >= 0.3 is 65.4 Å². The Morgan fingerprint density at radius 2 is 1.06 bits per heavy atom. The normalized spacial score (nSPS) is 15.1. The summed E-state index contributed by atoms with van der Waals surface area (Å²) in [6.07, 6.45) is -11.0. The third-order valence-corrected chi connectivity index (χ3v) is 6.37. The Morgan fingerprint density at radius 3 is 1.41 bits per heavy atom. The minimum atomic E-state index is -9.15. The predicted octanol–water partition coefficient (Wildman–Crippen LogP) is 9.18. The lowest BCUT2D eigenvalue weighted by Crippen LogP contribution is -2.76. The summed E-state index contributed by atoms with van der Waals surface area (Å²) >= 11 is 0. The van der Waals surface area contributed by atoms with Gasteiger partial charge in [-0.1, -0.05) is 13.8 Å². The maximum atomic E-state index is 14.1. The van der Waals surface area contributed by atoms with E-state index in [0.29, 0.717) is 6.07 Å². The zero-order chi connectivity index (χ0) is 39.4. The van der Waals surface area contributed by atoms with Crippen molar-refractivity contribution in [2.24, 2.45) is 0 Å². The van der Waals surface area contributed by atoms with Gasteiger partial charge in [-0.05, 0) is 12.3 Å². The average Bonchev–Trinajstić information content (AvgIpc) is 2.93. The van der Waals surface area contributed by atoms with E-state index in [9.17, 15) is 108 Å². The number of ether oxygens (including phenoxy) is 2. The molecule has 1 aromatic carbocycles. The number of hydrogen-bond acceptors (Lipinski definition) is 7. The number of alkyl halides is 19. The van der Waals surface area contributed by atoms with E-state index in [2.05, 4.69) is 9.47 Å². The van der Waals surface area contributed by atoms with Crippen molar-refractivity contribution in [2.45, 2.75) is 79.7 Å². The number of halogens is 19. The summed E-state index contributed by atoms with van der Waals surface area (Å²) in [4.78, 5) is 31.5. The Balaban J connectivity index is 3.57. The second kappa shape index (κ2) is 12.7. The van der Waals surface area contributed by atoms with E-state index in [1.807, 2.05) is 0 Å². The number of hydrogen-bond donors (Lipinski definition) is 0. The van der Waals surface area contributed by atoms with Crippen molar-refractivity contribution in [1.82, 2.24) is 0 Å². The van der Waals surface area contributed by atoms with Gasteiger partial charge in [-0.3, -0.25) is 20.2 Å². The molecule has 282 valence electrons. The number of non-ortho nitro benzene ring substituents is 1. The monoisotopic (exact) mass is 766 g/mol. The maximum Gasteiger partial charge on any atom is 0.514 e. The standard InChI is InChI=1S/C21H13F19N2O7/c1-3-7(2)9-4-8(41(44)45)5-10(42(46)47)11(9)49-12(43)48-6-13(22,23)14(24,25)15(26,27)16(28,29)17(30,31)18(32,33)19(34,35)20(36,37)21(38,39)40/h4-5,7H,3,6H2,1-2H3. The van der Waals surface area contributed by atoms with Crippen LogP contribution in [-0.4, -0.2) is 76.2 Å². The van der Waals surface area contributed by atoms with E-state index in [0.717, 1.165) is 6.92 Å². The molecule has 28 heteroatoms. The lowest BCUT2D eigenvalue weighted by molar-refractivity contribution is -0.469. The molecule has 1 unspecified atom stereocenters. The van der Waals surface area contributed by atoms with Gasteiger partial charge in [0.1, 0.15) is 0 Å². The highest BCUT2D eigenvalue weighted by atomic mass is 19.4. The number of carbonyl (C=O) groups excluding carboxylic acids is 1. The molecular formula is C21H13F19N2O7. The summed E-state index contributed by atoms with van der Waals surface area (Å²) in [5, 5.41) is 22.4. The second-order valence-electron chi connectivity index (χ2n) is 9.57. The molecule has 0 fully saturated rings. The van der Waals surface area contributed by atoms with Crippen LogP contribution < -0.4 is 4.74 Å². The molecule has 0 saturated heterocycles. The molecule has 1 atom stereocenters. The van der Waals surface area contributed by atoms with E-state index in [4.69, 9.17) is 0 Å². The second-order valence-corrected chi connectivity index (χ2v) is 9.57. The molecule has 9 nitrogen and oxygen atoms in total. The molecule has 1 rings (SSSR count). The summed E-state index contributed by atoms with van der Waals surface area (Å²) < 4.78 is 263. The number of benzene rings is 1. The highest BCUT2D eigenvalue weighted by Gasteiger charge is 2.96. The molecule has 0 bridgehead atoms. The molecule has 0 saturated carbocycles. The van der Waals surface area contributed by atoms with Crippen LogP contribution in [0.4, 0.5) is 99.6 Å². The van der Waals surface area contributed by atoms with Crippen molar-refractivity contribution < 1.29 is 108 Å². The first kappa shape index (κ1) is 43.0. The molecule has 0 heterocycles. The molecule has 0 spiro atoms. The van der Waals surface area contributed by atoms with Gasteiger partial charge in [0.15, 0.2) is 6.61 Å². The van der Waals surface area contributed by atoms with Crippen molar-refractivity contribution in [3.05, 3.63) is 37.9 Å². The predicted molar refractivity (Wildman–Crippen MR) is 116 cm³/mol. The number of nitro groups is 2. The lowest BCUT2D eigenvalue weighted by Gasteiger charge is -2.43. The SMILES string of the molecule is CCC(C)c1cc([N+](=O)[O-])cc([N+](=O)[O-])c1OC(=O)OCC(F)(F)C(F)(F)C(F)(F)C(F)(F)C(F)(F)C(F)(F)C(F)(F)C(F)(F)C(F)(F)F. The first-order valence-electron chi connectivity index (χ1n) is 11.9. The van der Waals surface area contributed by atoms with Crippen LogP contribution in [0, 0.1) is 20.2 Å². The lowest BCUT2D eigenvalue weighted by atomic mass is 9.87. The van der Waals surface area contributed by atoms with E-state index < -0.39 is 105 Å². The molecule has 0 aliphatic heterocycles. The molecule has 0 N–H and O–H groups in total. The van der Waals surface area contributed by atoms with Crippen LogP contribution in [0.25, 0.3) is 0 Å². The van der Waals surface area contributed by atoms with Crippen molar-refractivity contribution in [1.29, 1.82) is 0 Å². The minimum Gasteiger partial charge on any atom is -0.427 e. The van der Waals surface area contributed by atoms with E-state index in [1.165, 1.54) is 6.92 Å². The quantitative estimate of drug-likeness (QED) is 0.0609. The van der Waals surface area contributed by atoms with Crippen molar-refractivity contribution in [2.75, 3.05) is 6.61 Å². The van der Waals surface area contributed by atoms with Gasteiger partial charge in [0, 0.05) is 11.6 Å². The third-order valence-electron chi connectivity index (χ3n) is 6.37. The molecule has 49 heavy (non-hydrogen) atoms. The molecule has 0 radical (unpaired) electrons. The fourth-order valence-electron chi connectivity index (χ4n) is 3.30. The van der Waals surface area contributed by atoms with Crippen LogP contribution >= 0.6 is 0 Å². The van der Waals surface area contributed by atoms with E-state index >= 15 is 0 Å². The maximum absolute atomic E-state index is 14.1. The first-order chi connectivity index (χ1) is 21.5. The molecule has 1 aromatic rings. The summed E-state index contributed by atoms with van der Waals surface area (Å²) in [5.74, 6) is -71.5. The fourth-order valence-corrected chi connectivity index (χ4v) is 3.30. The average molecular weight is 766 g/mol. The van der Waals surface area contributed by atoms with Crippen LogP contribution in [0.15, 0.2) is 12.1 Å². The van der Waals surface area contributed by atoms with Gasteiger partial charge in [-0.15, -0.1) is 0 Å². The molecule has 0 amide bonds. The van der Waals surface area contributed by atoms with Crippen LogP contribution in [0.2, 0.25) is 0 Å². The summed E-state index contributed by atoms with van der Waals surface area (Å²) in [6, 6.07) is 0.559. The van der Waals surface area contributed by atoms with Crippen LogP contribution in [0.1, 0.15) is 31.7 Å². The van der Waals surface area contributed by atoms with Crippen LogP contribution in [0.5, 0.6) is 5.75 Å². The fraction of sp³-hybridized carbons (Fsp3) is 0.667. The summed E-state index contributed by atoms with van der Waals surface area (Å²) in [7, 11) is 0. The Bertz CT molecular complexity index is 1450. The van der Waals surface area contributed by atoms with Gasteiger partial charge in [0.2, 0.25) is 5.75 Å². The Labute approximate surface area is 256 Å². The highest BCUT2D eigenvalue weighted by Crippen LogP contribution is 2.65. The number of nitrogens with zero attached hydrogens (tertiary/aromatic N) is 2. The Hall–Kier alpha value is -4.04. The summed E-state index contributed by atoms with van der Waals surface area (Å²) in [6.45, 7) is -1.32. The molecule has 0 aliphatic carbocycles. The topological polar surface area (TPSA) is 122 Å². The summed E-state index contributed by atoms with van der Waals surface area (Å²) in [5.41, 5.74) is -3.29.